The van der Waals surface area contributed by atoms with Gasteiger partial charge in [-0.3, -0.25) is 4.40 Å². The highest BCUT2D eigenvalue weighted by Gasteiger charge is 2.32. The van der Waals surface area contributed by atoms with E-state index in [1.807, 2.05) is 9.30 Å². The first-order valence-corrected chi connectivity index (χ1v) is 11.6. The van der Waals surface area contributed by atoms with Crippen LogP contribution < -0.4 is 10.2 Å². The second-order valence-electron chi connectivity index (χ2n) is 8.76. The molecule has 0 unspecified atom stereocenters. The van der Waals surface area contributed by atoms with Crippen molar-refractivity contribution in [2.75, 3.05) is 23.3 Å². The summed E-state index contributed by atoms with van der Waals surface area (Å²) >= 11 is 0. The van der Waals surface area contributed by atoms with Gasteiger partial charge in [0, 0.05) is 49.4 Å². The molecule has 0 atom stereocenters. The normalized spacial score (nSPS) is 14.8. The lowest BCUT2D eigenvalue weighted by Crippen LogP contribution is -2.34. The van der Waals surface area contributed by atoms with Crippen molar-refractivity contribution >= 4 is 23.0 Å². The number of fused-ring (bicyclic) bond motifs is 1. The Morgan fingerprint density at radius 2 is 1.71 bits per heavy atom. The van der Waals surface area contributed by atoms with Crippen molar-refractivity contribution in [1.82, 2.24) is 44.5 Å². The van der Waals surface area contributed by atoms with Crippen LogP contribution in [0.3, 0.4) is 0 Å². The van der Waals surface area contributed by atoms with Gasteiger partial charge in [-0.2, -0.15) is 13.2 Å². The number of hydrogen-bond acceptors (Lipinski definition) is 9. The Kier molecular flexibility index (Phi) is 5.81. The molecule has 194 valence electrons. The minimum atomic E-state index is -4.47. The van der Waals surface area contributed by atoms with Crippen LogP contribution in [0.25, 0.3) is 11.3 Å². The van der Waals surface area contributed by atoms with Crippen molar-refractivity contribution < 1.29 is 17.6 Å². The molecule has 0 aliphatic carbocycles. The van der Waals surface area contributed by atoms with Crippen LogP contribution in [-0.4, -0.2) is 57.6 Å². The van der Waals surface area contributed by atoms with Crippen LogP contribution in [-0.2, 0) is 6.18 Å². The monoisotopic (exact) mass is 525 g/mol. The van der Waals surface area contributed by atoms with Gasteiger partial charge in [-0.15, -0.1) is 5.10 Å². The summed E-state index contributed by atoms with van der Waals surface area (Å²) in [6.07, 6.45) is 4.97. The summed E-state index contributed by atoms with van der Waals surface area (Å²) in [4.78, 5) is 18.5. The van der Waals surface area contributed by atoms with Crippen molar-refractivity contribution in [3.8, 4) is 5.69 Å². The molecule has 1 saturated heterocycles. The number of benzene rings is 1. The molecule has 1 N–H and O–H groups in total. The molecule has 1 aliphatic rings. The number of aromatic nitrogens is 9. The van der Waals surface area contributed by atoms with Crippen LogP contribution in [0.2, 0.25) is 0 Å². The summed E-state index contributed by atoms with van der Waals surface area (Å²) in [6, 6.07) is 4.58. The minimum absolute atomic E-state index is 0.139. The zero-order chi connectivity index (χ0) is 26.3. The van der Waals surface area contributed by atoms with E-state index in [1.165, 1.54) is 17.1 Å². The Labute approximate surface area is 212 Å². The fourth-order valence-electron chi connectivity index (χ4n) is 4.50. The molecule has 15 heteroatoms. The van der Waals surface area contributed by atoms with E-state index in [2.05, 4.69) is 40.8 Å². The number of piperidine rings is 1. The van der Waals surface area contributed by atoms with Gasteiger partial charge in [0.25, 0.3) is 0 Å². The van der Waals surface area contributed by atoms with Gasteiger partial charge in [-0.05, 0) is 35.4 Å². The first kappa shape index (κ1) is 23.7. The maximum Gasteiger partial charge on any atom is 0.419 e. The number of anilines is 3. The van der Waals surface area contributed by atoms with Crippen LogP contribution in [0, 0.1) is 5.82 Å². The predicted molar refractivity (Wildman–Crippen MR) is 127 cm³/mol. The average molecular weight is 525 g/mol. The standard InChI is InChI=1S/C23H19F4N11/c24-17-7-16(38-13-32-34-35-38)1-2-18(17)33-19-10-28-12-37-20(11-29-21(19)37)14-3-5-36(6-4-14)22-30-8-15(9-31-22)23(25,26)27/h1-2,7-14,33H,3-6H2. The molecule has 1 fully saturated rings. The molecule has 1 aliphatic heterocycles. The second-order valence-corrected chi connectivity index (χ2v) is 8.76. The van der Waals surface area contributed by atoms with Gasteiger partial charge in [-0.1, -0.05) is 0 Å². The minimum Gasteiger partial charge on any atom is -0.349 e. The summed E-state index contributed by atoms with van der Waals surface area (Å²) in [5.41, 5.74) is 1.91. The van der Waals surface area contributed by atoms with Crippen LogP contribution in [0.1, 0.15) is 30.0 Å². The lowest BCUT2D eigenvalue weighted by molar-refractivity contribution is -0.138. The quantitative estimate of drug-likeness (QED) is 0.342. The van der Waals surface area contributed by atoms with Crippen molar-refractivity contribution in [1.29, 1.82) is 0 Å². The highest BCUT2D eigenvalue weighted by atomic mass is 19.4. The molecular weight excluding hydrogens is 506 g/mol. The Balaban J connectivity index is 1.17. The molecular formula is C23H19F4N11. The van der Waals surface area contributed by atoms with Crippen molar-refractivity contribution in [2.45, 2.75) is 24.9 Å². The summed E-state index contributed by atoms with van der Waals surface area (Å²) in [5, 5.41) is 13.9. The molecule has 4 aromatic heterocycles. The van der Waals surface area contributed by atoms with E-state index in [9.17, 15) is 17.6 Å². The van der Waals surface area contributed by atoms with E-state index >= 15 is 0 Å². The summed E-state index contributed by atoms with van der Waals surface area (Å²) in [7, 11) is 0. The molecule has 0 radical (unpaired) electrons. The predicted octanol–water partition coefficient (Wildman–Crippen LogP) is 3.78. The molecule has 5 heterocycles. The number of tetrazole rings is 1. The molecule has 0 amide bonds. The number of nitrogens with zero attached hydrogens (tertiary/aromatic N) is 10. The van der Waals surface area contributed by atoms with Crippen LogP contribution in [0.4, 0.5) is 34.9 Å². The van der Waals surface area contributed by atoms with Crippen molar-refractivity contribution in [3.05, 3.63) is 72.7 Å². The third kappa shape index (κ3) is 4.46. The van der Waals surface area contributed by atoms with Gasteiger partial charge in [0.05, 0.1) is 23.1 Å². The van der Waals surface area contributed by atoms with Gasteiger partial charge < -0.3 is 10.2 Å². The SMILES string of the molecule is Fc1cc(-n2cnnn2)ccc1Nc1cncn2c(C3CCN(c4ncc(C(F)(F)F)cn4)CC3)cnc12. The van der Waals surface area contributed by atoms with Crippen molar-refractivity contribution in [2.24, 2.45) is 0 Å². The molecule has 6 rings (SSSR count). The maximum absolute atomic E-state index is 14.8. The van der Waals surface area contributed by atoms with E-state index in [-0.39, 0.29) is 17.6 Å². The first-order valence-electron chi connectivity index (χ1n) is 11.6. The maximum atomic E-state index is 14.8. The van der Waals surface area contributed by atoms with E-state index < -0.39 is 17.6 Å². The van der Waals surface area contributed by atoms with E-state index in [4.69, 9.17) is 0 Å². The van der Waals surface area contributed by atoms with E-state index in [0.717, 1.165) is 30.9 Å². The highest BCUT2D eigenvalue weighted by molar-refractivity contribution is 5.73. The number of hydrogen-bond donors (Lipinski definition) is 1. The second kappa shape index (κ2) is 9.32. The zero-order valence-electron chi connectivity index (χ0n) is 19.6. The highest BCUT2D eigenvalue weighted by Crippen LogP contribution is 2.33. The Bertz CT molecular complexity index is 1560. The number of imidazole rings is 1. The fourth-order valence-corrected chi connectivity index (χ4v) is 4.50. The average Bonchev–Trinajstić information content (AvgIpc) is 3.61. The lowest BCUT2D eigenvalue weighted by Gasteiger charge is -2.31. The van der Waals surface area contributed by atoms with Crippen LogP contribution in [0.15, 0.2) is 55.6 Å². The molecule has 38 heavy (non-hydrogen) atoms. The number of halogens is 4. The zero-order valence-corrected chi connectivity index (χ0v) is 19.6. The molecule has 0 saturated carbocycles. The van der Waals surface area contributed by atoms with Crippen LogP contribution >= 0.6 is 0 Å². The van der Waals surface area contributed by atoms with Gasteiger partial charge in [0.1, 0.15) is 24.2 Å². The van der Waals surface area contributed by atoms with Crippen LogP contribution in [0.5, 0.6) is 0 Å². The number of nitrogens with one attached hydrogen (secondary N) is 1. The molecule has 0 bridgehead atoms. The fraction of sp³-hybridized carbons (Fsp3) is 0.261. The Morgan fingerprint density at radius 1 is 0.921 bits per heavy atom. The largest absolute Gasteiger partial charge is 0.419 e. The topological polar surface area (TPSA) is 115 Å². The number of rotatable bonds is 5. The van der Waals surface area contributed by atoms with E-state index in [1.54, 1.807) is 30.9 Å². The smallest absolute Gasteiger partial charge is 0.349 e. The van der Waals surface area contributed by atoms with Gasteiger partial charge in [0.2, 0.25) is 5.95 Å². The number of alkyl halides is 3. The first-order chi connectivity index (χ1) is 18.4. The summed E-state index contributed by atoms with van der Waals surface area (Å²) < 4.78 is 56.4. The Hall–Kier alpha value is -4.69. The molecule has 1 aromatic carbocycles. The van der Waals surface area contributed by atoms with Gasteiger partial charge >= 0.3 is 6.18 Å². The molecule has 11 nitrogen and oxygen atoms in total. The third-order valence-electron chi connectivity index (χ3n) is 6.45. The van der Waals surface area contributed by atoms with Gasteiger partial charge in [-0.25, -0.2) is 29.0 Å². The van der Waals surface area contributed by atoms with Crippen molar-refractivity contribution in [3.63, 3.8) is 0 Å². The lowest BCUT2D eigenvalue weighted by atomic mass is 9.94. The van der Waals surface area contributed by atoms with Gasteiger partial charge in [0.15, 0.2) is 5.65 Å². The summed E-state index contributed by atoms with van der Waals surface area (Å²) in [5.74, 6) is -0.0828. The molecule has 5 aromatic rings. The molecule has 0 spiro atoms. The third-order valence-corrected chi connectivity index (χ3v) is 6.45. The van der Waals surface area contributed by atoms with E-state index in [0.29, 0.717) is 30.1 Å². The summed E-state index contributed by atoms with van der Waals surface area (Å²) in [6.45, 7) is 1.15. The Morgan fingerprint density at radius 3 is 2.39 bits per heavy atom.